The molecule has 0 amide bonds. The topological polar surface area (TPSA) is 38.7 Å². The zero-order valence-corrected chi connectivity index (χ0v) is 29.2. The van der Waals surface area contributed by atoms with Crippen LogP contribution in [-0.4, -0.2) is 15.0 Å². The molecular formula is C51H31N3. The number of pyridine rings is 1. The molecule has 0 atom stereocenters. The molecule has 0 bridgehead atoms. The van der Waals surface area contributed by atoms with E-state index in [2.05, 4.69) is 175 Å². The third-order valence-electron chi connectivity index (χ3n) is 10.9. The van der Waals surface area contributed by atoms with Crippen LogP contribution in [0.5, 0.6) is 0 Å². The van der Waals surface area contributed by atoms with Crippen LogP contribution in [-0.2, 0) is 0 Å². The van der Waals surface area contributed by atoms with E-state index in [0.29, 0.717) is 5.82 Å². The summed E-state index contributed by atoms with van der Waals surface area (Å²) >= 11 is 0. The lowest BCUT2D eigenvalue weighted by molar-refractivity contribution is 1.18. The zero-order valence-electron chi connectivity index (χ0n) is 29.2. The highest BCUT2D eigenvalue weighted by Gasteiger charge is 2.23. The van der Waals surface area contributed by atoms with Gasteiger partial charge in [-0.15, -0.1) is 0 Å². The highest BCUT2D eigenvalue weighted by molar-refractivity contribution is 6.18. The normalized spacial score (nSPS) is 11.7. The predicted octanol–water partition coefficient (Wildman–Crippen LogP) is 13.3. The van der Waals surface area contributed by atoms with Gasteiger partial charge in [-0.3, -0.25) is 4.98 Å². The summed E-state index contributed by atoms with van der Waals surface area (Å²) in [5.41, 5.74) is 14.5. The lowest BCUT2D eigenvalue weighted by Gasteiger charge is -2.14. The SMILES string of the molecule is c1cncc(-c2cccc(-c3nc(-c4ccc(-c5cc6ccccc6c6ccccc56)cc4)cc(-c4ccc5c6c(cccc46)-c4ccccc4-5)n3)c2)c1. The number of aromatic nitrogens is 3. The minimum Gasteiger partial charge on any atom is -0.264 e. The predicted molar refractivity (Wildman–Crippen MR) is 224 cm³/mol. The molecule has 10 aromatic rings. The van der Waals surface area contributed by atoms with Gasteiger partial charge in [-0.05, 0) is 95.5 Å². The molecule has 1 aliphatic carbocycles. The fraction of sp³-hybridized carbons (Fsp3) is 0. The molecule has 8 aromatic carbocycles. The van der Waals surface area contributed by atoms with E-state index in [4.69, 9.17) is 9.97 Å². The van der Waals surface area contributed by atoms with Crippen LogP contribution in [0.15, 0.2) is 188 Å². The fourth-order valence-electron chi connectivity index (χ4n) is 8.38. The molecule has 3 nitrogen and oxygen atoms in total. The van der Waals surface area contributed by atoms with Crippen LogP contribution in [0.25, 0.3) is 111 Å². The van der Waals surface area contributed by atoms with Gasteiger partial charge in [-0.2, -0.15) is 0 Å². The van der Waals surface area contributed by atoms with E-state index in [9.17, 15) is 0 Å². The van der Waals surface area contributed by atoms with E-state index in [0.717, 1.165) is 39.2 Å². The molecule has 3 heteroatoms. The van der Waals surface area contributed by atoms with Crippen molar-refractivity contribution < 1.29 is 0 Å². The van der Waals surface area contributed by atoms with Crippen LogP contribution in [0, 0.1) is 0 Å². The molecule has 2 aromatic heterocycles. The molecule has 1 aliphatic rings. The summed E-state index contributed by atoms with van der Waals surface area (Å²) in [6, 6.07) is 63.0. The van der Waals surface area contributed by atoms with Gasteiger partial charge in [0.05, 0.1) is 11.4 Å². The summed E-state index contributed by atoms with van der Waals surface area (Å²) in [7, 11) is 0. The Morgan fingerprint density at radius 1 is 0.315 bits per heavy atom. The Morgan fingerprint density at radius 2 is 0.944 bits per heavy atom. The molecule has 0 aliphatic heterocycles. The Balaban J connectivity index is 1.08. The lowest BCUT2D eigenvalue weighted by Crippen LogP contribution is -1.97. The third-order valence-corrected chi connectivity index (χ3v) is 10.9. The maximum Gasteiger partial charge on any atom is 0.160 e. The Labute approximate surface area is 312 Å². The van der Waals surface area contributed by atoms with E-state index in [-0.39, 0.29) is 0 Å². The van der Waals surface area contributed by atoms with E-state index >= 15 is 0 Å². The van der Waals surface area contributed by atoms with Crippen LogP contribution in [0.3, 0.4) is 0 Å². The number of benzene rings is 8. The van der Waals surface area contributed by atoms with Crippen LogP contribution < -0.4 is 0 Å². The third kappa shape index (κ3) is 4.87. The van der Waals surface area contributed by atoms with Gasteiger partial charge in [0.2, 0.25) is 0 Å². The Hall–Kier alpha value is -7.23. The zero-order chi connectivity index (χ0) is 35.6. The fourth-order valence-corrected chi connectivity index (χ4v) is 8.38. The standard InChI is InChI=1S/C51H31N3/c1-2-14-38-35(10-1)29-47(42-18-6-3-15-39(38)42)32-21-23-33(24-22-32)48-30-49(54-51(53-48)36-12-7-11-34(28-36)37-13-9-27-52-31-37)43-25-26-46-41-17-5-4-16-40(41)44-19-8-20-45(43)50(44)46/h1-31H. The van der Waals surface area contributed by atoms with Crippen molar-refractivity contribution in [1.82, 2.24) is 15.0 Å². The smallest absolute Gasteiger partial charge is 0.160 e. The van der Waals surface area contributed by atoms with Crippen molar-refractivity contribution in [3.63, 3.8) is 0 Å². The molecule has 0 spiro atoms. The second-order valence-corrected chi connectivity index (χ2v) is 14.0. The Bertz CT molecular complexity index is 3060. The number of nitrogens with zero attached hydrogens (tertiary/aromatic N) is 3. The van der Waals surface area contributed by atoms with Gasteiger partial charge >= 0.3 is 0 Å². The van der Waals surface area contributed by atoms with Crippen molar-refractivity contribution in [2.45, 2.75) is 0 Å². The molecule has 54 heavy (non-hydrogen) atoms. The molecule has 0 unspecified atom stereocenters. The first-order chi connectivity index (χ1) is 26.8. The van der Waals surface area contributed by atoms with Crippen molar-refractivity contribution in [3.8, 4) is 78.4 Å². The maximum atomic E-state index is 5.31. The van der Waals surface area contributed by atoms with Gasteiger partial charge in [-0.1, -0.05) is 152 Å². The molecule has 0 fully saturated rings. The number of rotatable bonds is 5. The lowest BCUT2D eigenvalue weighted by atomic mass is 9.92. The highest BCUT2D eigenvalue weighted by atomic mass is 14.9. The van der Waals surface area contributed by atoms with E-state index < -0.39 is 0 Å². The highest BCUT2D eigenvalue weighted by Crippen LogP contribution is 2.49. The van der Waals surface area contributed by atoms with Gasteiger partial charge in [0, 0.05) is 34.6 Å². The van der Waals surface area contributed by atoms with Gasteiger partial charge in [0.25, 0.3) is 0 Å². The molecule has 0 N–H and O–H groups in total. The van der Waals surface area contributed by atoms with Crippen molar-refractivity contribution in [1.29, 1.82) is 0 Å². The van der Waals surface area contributed by atoms with Crippen LogP contribution in [0.1, 0.15) is 0 Å². The molecular weight excluding hydrogens is 655 g/mol. The minimum atomic E-state index is 0.685. The number of hydrogen-bond donors (Lipinski definition) is 0. The summed E-state index contributed by atoms with van der Waals surface area (Å²) in [5.74, 6) is 0.685. The van der Waals surface area contributed by atoms with Crippen molar-refractivity contribution >= 4 is 32.3 Å². The van der Waals surface area contributed by atoms with Crippen LogP contribution in [0.4, 0.5) is 0 Å². The summed E-state index contributed by atoms with van der Waals surface area (Å²) < 4.78 is 0. The van der Waals surface area contributed by atoms with Gasteiger partial charge < -0.3 is 0 Å². The van der Waals surface area contributed by atoms with E-state index in [1.807, 2.05) is 12.3 Å². The van der Waals surface area contributed by atoms with Crippen LogP contribution >= 0.6 is 0 Å². The van der Waals surface area contributed by atoms with Crippen LogP contribution in [0.2, 0.25) is 0 Å². The number of hydrogen-bond acceptors (Lipinski definition) is 3. The van der Waals surface area contributed by atoms with Gasteiger partial charge in [-0.25, -0.2) is 9.97 Å². The summed E-state index contributed by atoms with van der Waals surface area (Å²) in [5, 5.41) is 7.50. The maximum absolute atomic E-state index is 5.31. The first kappa shape index (κ1) is 30.4. The second-order valence-electron chi connectivity index (χ2n) is 14.0. The molecule has 11 rings (SSSR count). The minimum absolute atomic E-state index is 0.685. The molecule has 250 valence electrons. The average Bonchev–Trinajstić information content (AvgIpc) is 3.58. The quantitative estimate of drug-likeness (QED) is 0.169. The molecule has 0 saturated carbocycles. The first-order valence-electron chi connectivity index (χ1n) is 18.3. The van der Waals surface area contributed by atoms with E-state index in [1.54, 1.807) is 6.20 Å². The largest absolute Gasteiger partial charge is 0.264 e. The van der Waals surface area contributed by atoms with Gasteiger partial charge in [0.1, 0.15) is 0 Å². The summed E-state index contributed by atoms with van der Waals surface area (Å²) in [6.07, 6.45) is 3.70. The molecule has 0 radical (unpaired) electrons. The Morgan fingerprint density at radius 3 is 1.78 bits per heavy atom. The average molecular weight is 686 g/mol. The first-order valence-corrected chi connectivity index (χ1v) is 18.3. The summed E-state index contributed by atoms with van der Waals surface area (Å²) in [6.45, 7) is 0. The van der Waals surface area contributed by atoms with Crippen molar-refractivity contribution in [2.24, 2.45) is 0 Å². The number of fused-ring (bicyclic) bond motifs is 6. The molecule has 0 saturated heterocycles. The molecule has 2 heterocycles. The second kappa shape index (κ2) is 12.2. The van der Waals surface area contributed by atoms with Crippen molar-refractivity contribution in [2.75, 3.05) is 0 Å². The monoisotopic (exact) mass is 685 g/mol. The van der Waals surface area contributed by atoms with Crippen molar-refractivity contribution in [3.05, 3.63) is 188 Å². The summed E-state index contributed by atoms with van der Waals surface area (Å²) in [4.78, 5) is 14.9. The van der Waals surface area contributed by atoms with Gasteiger partial charge in [0.15, 0.2) is 5.82 Å². The van der Waals surface area contributed by atoms with E-state index in [1.165, 1.54) is 65.7 Å². The Kier molecular flexibility index (Phi) is 6.86.